The van der Waals surface area contributed by atoms with E-state index in [9.17, 15) is 0 Å². The van der Waals surface area contributed by atoms with E-state index in [1.165, 1.54) is 61.8 Å². The molecule has 0 aliphatic carbocycles. The number of thiophene rings is 1. The second-order valence-electron chi connectivity index (χ2n) is 6.09. The molecule has 0 saturated carbocycles. The average Bonchev–Trinajstić information content (AvgIpc) is 2.89. The molecule has 1 aliphatic heterocycles. The molecule has 0 amide bonds. The second kappa shape index (κ2) is 6.73. The summed E-state index contributed by atoms with van der Waals surface area (Å²) >= 11 is 1.99. The highest BCUT2D eigenvalue weighted by atomic mass is 32.1. The molecule has 3 rings (SSSR count). The Morgan fingerprint density at radius 1 is 1.20 bits per heavy atom. The van der Waals surface area contributed by atoms with Crippen molar-refractivity contribution in [2.75, 3.05) is 19.6 Å². The van der Waals surface area contributed by atoms with E-state index in [1.54, 1.807) is 4.88 Å². The van der Waals surface area contributed by atoms with Crippen LogP contribution in [0.25, 0.3) is 10.1 Å². The summed E-state index contributed by atoms with van der Waals surface area (Å²) in [6.07, 6.45) is 6.75. The van der Waals surface area contributed by atoms with Crippen LogP contribution in [-0.4, -0.2) is 24.5 Å². The van der Waals surface area contributed by atoms with E-state index in [0.717, 1.165) is 5.92 Å². The predicted octanol–water partition coefficient (Wildman–Crippen LogP) is 4.96. The minimum Gasteiger partial charge on any atom is -0.303 e. The maximum atomic E-state index is 2.66. The first-order chi connectivity index (χ1) is 9.85. The van der Waals surface area contributed by atoms with E-state index < -0.39 is 0 Å². The van der Waals surface area contributed by atoms with Gasteiger partial charge in [0.1, 0.15) is 0 Å². The molecule has 1 saturated heterocycles. The number of hydrogen-bond acceptors (Lipinski definition) is 2. The lowest BCUT2D eigenvalue weighted by Crippen LogP contribution is -2.34. The minimum absolute atomic E-state index is 0.904. The van der Waals surface area contributed by atoms with Gasteiger partial charge in [-0.05, 0) is 68.8 Å². The van der Waals surface area contributed by atoms with Crippen molar-refractivity contribution in [1.29, 1.82) is 0 Å². The highest BCUT2D eigenvalue weighted by molar-refractivity contribution is 7.19. The molecule has 1 aliphatic rings. The summed E-state index contributed by atoms with van der Waals surface area (Å²) in [5.41, 5.74) is 0. The van der Waals surface area contributed by atoms with Gasteiger partial charge in [0.15, 0.2) is 0 Å². The van der Waals surface area contributed by atoms with Gasteiger partial charge >= 0.3 is 0 Å². The van der Waals surface area contributed by atoms with Crippen molar-refractivity contribution in [2.24, 2.45) is 5.92 Å². The Balaban J connectivity index is 1.54. The zero-order valence-electron chi connectivity index (χ0n) is 12.5. The van der Waals surface area contributed by atoms with Crippen molar-refractivity contribution in [3.63, 3.8) is 0 Å². The van der Waals surface area contributed by atoms with Crippen LogP contribution in [0.4, 0.5) is 0 Å². The van der Waals surface area contributed by atoms with E-state index in [0.29, 0.717) is 0 Å². The van der Waals surface area contributed by atoms with Gasteiger partial charge in [-0.3, -0.25) is 0 Å². The summed E-state index contributed by atoms with van der Waals surface area (Å²) < 4.78 is 1.45. The quantitative estimate of drug-likeness (QED) is 0.751. The maximum Gasteiger partial charge on any atom is 0.0345 e. The third kappa shape index (κ3) is 3.42. The number of unbranched alkanes of at least 4 members (excludes halogenated alkanes) is 1. The topological polar surface area (TPSA) is 3.24 Å². The SMILES string of the molecule is CCCCN1CCC(Cc2cc3ccccc3s2)CC1. The number of fused-ring (bicyclic) bond motifs is 1. The summed E-state index contributed by atoms with van der Waals surface area (Å²) in [6, 6.07) is 11.2. The van der Waals surface area contributed by atoms with Gasteiger partial charge in [-0.2, -0.15) is 0 Å². The largest absolute Gasteiger partial charge is 0.303 e. The normalized spacial score (nSPS) is 17.9. The monoisotopic (exact) mass is 287 g/mol. The molecule has 20 heavy (non-hydrogen) atoms. The fourth-order valence-electron chi connectivity index (χ4n) is 3.22. The van der Waals surface area contributed by atoms with E-state index in [1.807, 2.05) is 11.3 Å². The molecule has 1 nitrogen and oxygen atoms in total. The Morgan fingerprint density at radius 3 is 2.75 bits per heavy atom. The average molecular weight is 287 g/mol. The Hall–Kier alpha value is -0.860. The van der Waals surface area contributed by atoms with Crippen molar-refractivity contribution >= 4 is 21.4 Å². The molecule has 0 atom stereocenters. The molecule has 108 valence electrons. The molecule has 0 bridgehead atoms. The molecule has 0 unspecified atom stereocenters. The van der Waals surface area contributed by atoms with Crippen LogP contribution >= 0.6 is 11.3 Å². The lowest BCUT2D eigenvalue weighted by atomic mass is 9.92. The first kappa shape index (κ1) is 14.1. The highest BCUT2D eigenvalue weighted by Gasteiger charge is 2.19. The van der Waals surface area contributed by atoms with Crippen LogP contribution in [0.15, 0.2) is 30.3 Å². The van der Waals surface area contributed by atoms with Gasteiger partial charge in [0.25, 0.3) is 0 Å². The third-order valence-corrected chi connectivity index (χ3v) is 5.64. The smallest absolute Gasteiger partial charge is 0.0345 e. The zero-order chi connectivity index (χ0) is 13.8. The molecular weight excluding hydrogens is 262 g/mol. The molecule has 2 aromatic rings. The van der Waals surface area contributed by atoms with Gasteiger partial charge in [0, 0.05) is 9.58 Å². The van der Waals surface area contributed by atoms with Crippen LogP contribution in [0.3, 0.4) is 0 Å². The van der Waals surface area contributed by atoms with Crippen LogP contribution in [0.2, 0.25) is 0 Å². The molecule has 0 N–H and O–H groups in total. The van der Waals surface area contributed by atoms with Crippen LogP contribution in [0, 0.1) is 5.92 Å². The van der Waals surface area contributed by atoms with Crippen molar-refractivity contribution in [3.8, 4) is 0 Å². The number of likely N-dealkylation sites (tertiary alicyclic amines) is 1. The number of nitrogens with zero attached hydrogens (tertiary/aromatic N) is 1. The number of rotatable bonds is 5. The van der Waals surface area contributed by atoms with Crippen LogP contribution in [0.1, 0.15) is 37.5 Å². The lowest BCUT2D eigenvalue weighted by Gasteiger charge is -2.31. The number of benzene rings is 1. The van der Waals surface area contributed by atoms with Crippen LogP contribution in [0.5, 0.6) is 0 Å². The fraction of sp³-hybridized carbons (Fsp3) is 0.556. The summed E-state index contributed by atoms with van der Waals surface area (Å²) in [6.45, 7) is 6.23. The van der Waals surface area contributed by atoms with Gasteiger partial charge in [0.2, 0.25) is 0 Å². The van der Waals surface area contributed by atoms with Crippen LogP contribution in [-0.2, 0) is 6.42 Å². The Bertz CT molecular complexity index is 504. The predicted molar refractivity (Wildman–Crippen MR) is 89.6 cm³/mol. The number of piperidine rings is 1. The Kier molecular flexibility index (Phi) is 4.74. The minimum atomic E-state index is 0.904. The van der Waals surface area contributed by atoms with Gasteiger partial charge < -0.3 is 4.90 Å². The Morgan fingerprint density at radius 2 is 2.00 bits per heavy atom. The van der Waals surface area contributed by atoms with Crippen molar-refractivity contribution in [1.82, 2.24) is 4.90 Å². The molecule has 1 aromatic heterocycles. The molecule has 1 aromatic carbocycles. The van der Waals surface area contributed by atoms with Gasteiger partial charge in [0.05, 0.1) is 0 Å². The Labute approximate surface area is 126 Å². The number of hydrogen-bond donors (Lipinski definition) is 0. The summed E-state index contributed by atoms with van der Waals surface area (Å²) in [5.74, 6) is 0.904. The van der Waals surface area contributed by atoms with E-state index in [-0.39, 0.29) is 0 Å². The van der Waals surface area contributed by atoms with Crippen molar-refractivity contribution < 1.29 is 0 Å². The molecule has 2 heteroatoms. The van der Waals surface area contributed by atoms with Crippen molar-refractivity contribution in [2.45, 2.75) is 39.0 Å². The van der Waals surface area contributed by atoms with E-state index in [2.05, 4.69) is 42.2 Å². The molecule has 0 radical (unpaired) electrons. The molecular formula is C18H25NS. The zero-order valence-corrected chi connectivity index (χ0v) is 13.3. The van der Waals surface area contributed by atoms with Crippen molar-refractivity contribution in [3.05, 3.63) is 35.2 Å². The highest BCUT2D eigenvalue weighted by Crippen LogP contribution is 2.30. The van der Waals surface area contributed by atoms with Gasteiger partial charge in [-0.1, -0.05) is 31.5 Å². The summed E-state index contributed by atoms with van der Waals surface area (Å²) in [5, 5.41) is 1.42. The fourth-order valence-corrected chi connectivity index (χ4v) is 4.40. The van der Waals surface area contributed by atoms with E-state index in [4.69, 9.17) is 0 Å². The maximum absolute atomic E-state index is 2.66. The van der Waals surface area contributed by atoms with E-state index >= 15 is 0 Å². The van der Waals surface area contributed by atoms with Gasteiger partial charge in [-0.15, -0.1) is 11.3 Å². The summed E-state index contributed by atoms with van der Waals surface area (Å²) in [4.78, 5) is 4.24. The van der Waals surface area contributed by atoms with Crippen LogP contribution < -0.4 is 0 Å². The molecule has 1 fully saturated rings. The second-order valence-corrected chi connectivity index (χ2v) is 7.26. The third-order valence-electron chi connectivity index (χ3n) is 4.50. The van der Waals surface area contributed by atoms with Gasteiger partial charge in [-0.25, -0.2) is 0 Å². The first-order valence-electron chi connectivity index (χ1n) is 8.05. The molecule has 0 spiro atoms. The first-order valence-corrected chi connectivity index (χ1v) is 8.86. The standard InChI is InChI=1S/C18H25NS/c1-2-3-10-19-11-8-15(9-12-19)13-17-14-16-6-4-5-7-18(16)20-17/h4-7,14-15H,2-3,8-13H2,1H3. The summed E-state index contributed by atoms with van der Waals surface area (Å²) in [7, 11) is 0. The lowest BCUT2D eigenvalue weighted by molar-refractivity contribution is 0.182. The molecule has 2 heterocycles.